The van der Waals surface area contributed by atoms with Crippen molar-refractivity contribution in [2.75, 3.05) is 0 Å². The van der Waals surface area contributed by atoms with E-state index in [1.807, 2.05) is 0 Å². The first-order chi connectivity index (χ1) is 13.8. The van der Waals surface area contributed by atoms with Crippen LogP contribution in [0.15, 0.2) is 29.8 Å². The van der Waals surface area contributed by atoms with Gasteiger partial charge >= 0.3 is 193 Å². The summed E-state index contributed by atoms with van der Waals surface area (Å²) in [5.41, 5.74) is 11.1. The summed E-state index contributed by atoms with van der Waals surface area (Å²) in [7, 11) is 0. The minimum atomic E-state index is -1.88. The molecule has 0 saturated carbocycles. The number of benzene rings is 1. The molecule has 0 nitrogen and oxygen atoms in total. The fourth-order valence-corrected chi connectivity index (χ4v) is 33.6. The van der Waals surface area contributed by atoms with Crippen LogP contribution in [-0.2, 0) is 20.9 Å². The van der Waals surface area contributed by atoms with E-state index in [2.05, 4.69) is 101 Å². The van der Waals surface area contributed by atoms with E-state index in [1.165, 1.54) is 20.9 Å². The van der Waals surface area contributed by atoms with Crippen molar-refractivity contribution in [2.24, 2.45) is 0 Å². The van der Waals surface area contributed by atoms with Crippen molar-refractivity contribution in [1.82, 2.24) is 0 Å². The van der Waals surface area contributed by atoms with Crippen molar-refractivity contribution >= 4 is 34.7 Å². The van der Waals surface area contributed by atoms with Gasteiger partial charge in [-0.1, -0.05) is 0 Å². The van der Waals surface area contributed by atoms with Crippen molar-refractivity contribution in [3.05, 3.63) is 71.6 Å². The zero-order chi connectivity index (χ0) is 20.6. The van der Waals surface area contributed by atoms with Gasteiger partial charge in [-0.2, -0.15) is 0 Å². The van der Waals surface area contributed by atoms with Gasteiger partial charge in [0.1, 0.15) is 0 Å². The van der Waals surface area contributed by atoms with E-state index in [1.54, 1.807) is 37.6 Å². The molecule has 2 heterocycles. The Morgan fingerprint density at radius 3 is 1.81 bits per heavy atom. The maximum absolute atomic E-state index is 2.67. The van der Waals surface area contributed by atoms with Gasteiger partial charge in [-0.3, -0.25) is 0 Å². The molecule has 0 fully saturated rings. The summed E-state index contributed by atoms with van der Waals surface area (Å²) in [6, 6.07) is 9.67. The van der Waals surface area contributed by atoms with Gasteiger partial charge in [-0.15, -0.1) is 0 Å². The standard InChI is InChI=1S/C12H13.C11H9S2.C2H7Si.2ClH.Zr/c1-8-6-11-9(2)4-5-10(3)12(11)7-8;1-6-3-8-9-4-7(2)13-11(9)5-10(8)12-6;1-3-2;;;/h4-7H,1-3H3;3-5H,1-2H3;3H,1-2H3;2*1H;/q;;;;;+2/p-2. The topological polar surface area (TPSA) is 0 Å². The fourth-order valence-electron chi connectivity index (χ4n) is 5.57. The van der Waals surface area contributed by atoms with Gasteiger partial charge in [0, 0.05) is 0 Å². The SMILES string of the molecule is CC1=Cc2c(C)ccc(C)c2[CH]1[Zr+2]([CH]1c2sc(C)cc2-c2cc(C)sc21)[SiH](C)C.[Cl-].[Cl-]. The van der Waals surface area contributed by atoms with E-state index in [0.717, 1.165) is 7.25 Å². The Bertz CT molecular complexity index is 1130. The van der Waals surface area contributed by atoms with Crippen molar-refractivity contribution in [3.8, 4) is 11.1 Å². The van der Waals surface area contributed by atoms with Gasteiger partial charge in [0.15, 0.2) is 0 Å². The van der Waals surface area contributed by atoms with Crippen molar-refractivity contribution < 1.29 is 45.7 Å². The molecule has 0 N–H and O–H groups in total. The third-order valence-corrected chi connectivity index (χ3v) is 31.6. The summed E-state index contributed by atoms with van der Waals surface area (Å²) in [5, 5.41) is 0. The summed E-state index contributed by atoms with van der Waals surface area (Å²) in [4.78, 5) is 6.47. The molecule has 6 heteroatoms. The Balaban J connectivity index is 0.00000136. The molecule has 2 aliphatic carbocycles. The van der Waals surface area contributed by atoms with E-state index >= 15 is 0 Å². The molecular formula is C25H29Cl2S2SiZr. The Kier molecular flexibility index (Phi) is 7.74. The second-order valence-corrected chi connectivity index (χ2v) is 31.8. The number of hydrogen-bond donors (Lipinski definition) is 0. The smallest absolute Gasteiger partial charge is 1.00 e. The molecule has 0 aliphatic heterocycles. The number of halogens is 2. The van der Waals surface area contributed by atoms with Gasteiger partial charge in [-0.05, 0) is 0 Å². The molecule has 0 bridgehead atoms. The third kappa shape index (κ3) is 3.98. The Morgan fingerprint density at radius 2 is 1.29 bits per heavy atom. The van der Waals surface area contributed by atoms with Gasteiger partial charge < -0.3 is 24.8 Å². The van der Waals surface area contributed by atoms with Gasteiger partial charge in [0.25, 0.3) is 0 Å². The summed E-state index contributed by atoms with van der Waals surface area (Å²) in [6.07, 6.45) is 2.55. The number of hydrogen-bond acceptors (Lipinski definition) is 2. The largest absolute Gasteiger partial charge is 1.00 e. The second kappa shape index (κ2) is 9.35. The molecular weight excluding hydrogens is 555 g/mol. The van der Waals surface area contributed by atoms with Crippen molar-refractivity contribution in [3.63, 3.8) is 0 Å². The molecule has 1 aromatic carbocycles. The van der Waals surface area contributed by atoms with Crippen LogP contribution >= 0.6 is 22.7 Å². The predicted octanol–water partition coefficient (Wildman–Crippen LogP) is 1.88. The van der Waals surface area contributed by atoms with E-state index in [0.29, 0.717) is 0 Å². The second-order valence-electron chi connectivity index (χ2n) is 9.21. The van der Waals surface area contributed by atoms with E-state index in [9.17, 15) is 0 Å². The monoisotopic (exact) mass is 581 g/mol. The molecule has 163 valence electrons. The average molecular weight is 584 g/mol. The van der Waals surface area contributed by atoms with Crippen LogP contribution in [0, 0.1) is 27.7 Å². The molecule has 0 saturated heterocycles. The first-order valence-electron chi connectivity index (χ1n) is 10.6. The number of aryl methyl sites for hydroxylation is 4. The third-order valence-electron chi connectivity index (χ3n) is 6.76. The quantitative estimate of drug-likeness (QED) is 0.414. The minimum absolute atomic E-state index is 0. The number of rotatable bonds is 3. The molecule has 1 unspecified atom stereocenters. The molecule has 1 atom stereocenters. The summed E-state index contributed by atoms with van der Waals surface area (Å²) in [5.74, 6) is -0.755. The predicted molar refractivity (Wildman–Crippen MR) is 130 cm³/mol. The zero-order valence-corrected chi connectivity index (χ0v) is 25.9. The van der Waals surface area contributed by atoms with E-state index in [-0.39, 0.29) is 24.8 Å². The van der Waals surface area contributed by atoms with Crippen LogP contribution in [0.5, 0.6) is 0 Å². The van der Waals surface area contributed by atoms with Gasteiger partial charge in [-0.25, -0.2) is 0 Å². The average Bonchev–Trinajstić information content (AvgIpc) is 3.35. The van der Waals surface area contributed by atoms with E-state index < -0.39 is 26.8 Å². The number of thiophene rings is 2. The minimum Gasteiger partial charge on any atom is -1.00 e. The van der Waals surface area contributed by atoms with Crippen LogP contribution in [0.1, 0.15) is 55.9 Å². The first kappa shape index (κ1) is 25.7. The van der Waals surface area contributed by atoms with Crippen LogP contribution in [-0.4, -0.2) is 5.92 Å². The molecule has 3 aromatic rings. The Morgan fingerprint density at radius 1 is 0.774 bits per heavy atom. The number of allylic oxidation sites excluding steroid dienone is 1. The number of fused-ring (bicyclic) bond motifs is 4. The van der Waals surface area contributed by atoms with Gasteiger partial charge in [0.05, 0.1) is 0 Å². The molecule has 5 rings (SSSR count). The first-order valence-corrected chi connectivity index (χ1v) is 22.3. The molecule has 2 aliphatic rings. The molecule has 2 aromatic heterocycles. The Hall–Kier alpha value is 0.0400. The van der Waals surface area contributed by atoms with Crippen LogP contribution in [0.25, 0.3) is 17.2 Å². The zero-order valence-electron chi connectivity index (χ0n) is 19.2. The van der Waals surface area contributed by atoms with Crippen LogP contribution in [0.4, 0.5) is 0 Å². The summed E-state index contributed by atoms with van der Waals surface area (Å²) < 4.78 is 1.55. The van der Waals surface area contributed by atoms with Crippen LogP contribution < -0.4 is 24.8 Å². The molecule has 0 radical (unpaired) electrons. The molecule has 0 spiro atoms. The fraction of sp³-hybridized carbons (Fsp3) is 0.360. The van der Waals surface area contributed by atoms with E-state index in [4.69, 9.17) is 0 Å². The molecule has 31 heavy (non-hydrogen) atoms. The normalized spacial score (nSPS) is 16.4. The summed E-state index contributed by atoms with van der Waals surface area (Å²) in [6.45, 7) is 17.1. The van der Waals surface area contributed by atoms with Gasteiger partial charge in [0.2, 0.25) is 0 Å². The van der Waals surface area contributed by atoms with Crippen LogP contribution in [0.2, 0.25) is 13.1 Å². The molecule has 0 amide bonds. The maximum atomic E-state index is 2.67. The van der Waals surface area contributed by atoms with Crippen molar-refractivity contribution in [1.29, 1.82) is 0 Å². The van der Waals surface area contributed by atoms with Crippen molar-refractivity contribution in [2.45, 2.75) is 55.0 Å². The van der Waals surface area contributed by atoms with Crippen LogP contribution in [0.3, 0.4) is 0 Å². The maximum Gasteiger partial charge on any atom is -1.00 e. The summed E-state index contributed by atoms with van der Waals surface area (Å²) >= 11 is 2.33. The Labute approximate surface area is 216 Å².